The predicted molar refractivity (Wildman–Crippen MR) is 52.6 cm³/mol. The number of carbonyl (C=O) groups excluding carboxylic acids is 1. The van der Waals surface area contributed by atoms with E-state index in [2.05, 4.69) is 18.2 Å². The fraction of sp³-hybridized carbons (Fsp3) is 0.250. The van der Waals surface area contributed by atoms with Gasteiger partial charge in [-0.15, -0.1) is 0 Å². The second kappa shape index (κ2) is 3.56. The van der Waals surface area contributed by atoms with E-state index in [4.69, 9.17) is 0 Å². The molecule has 13 heavy (non-hydrogen) atoms. The SMILES string of the molecule is O=CC1=CCCc2ccccc2C1. The standard InChI is InChI=1S/C12H12O/c13-9-10-4-3-7-11-5-1-2-6-12(11)8-10/h1-2,4-6,9H,3,7-8H2. The van der Waals surface area contributed by atoms with Gasteiger partial charge < -0.3 is 0 Å². The lowest BCUT2D eigenvalue weighted by Gasteiger charge is -2.03. The first-order chi connectivity index (χ1) is 6.40. The summed E-state index contributed by atoms with van der Waals surface area (Å²) >= 11 is 0. The van der Waals surface area contributed by atoms with Crippen molar-refractivity contribution in [1.29, 1.82) is 0 Å². The summed E-state index contributed by atoms with van der Waals surface area (Å²) in [6.45, 7) is 0. The molecule has 0 aliphatic heterocycles. The number of hydrogen-bond donors (Lipinski definition) is 0. The number of fused-ring (bicyclic) bond motifs is 1. The minimum atomic E-state index is 0.805. The minimum Gasteiger partial charge on any atom is -0.298 e. The van der Waals surface area contributed by atoms with Crippen LogP contribution in [0.1, 0.15) is 17.5 Å². The van der Waals surface area contributed by atoms with Crippen molar-refractivity contribution < 1.29 is 4.79 Å². The highest BCUT2D eigenvalue weighted by Crippen LogP contribution is 2.19. The lowest BCUT2D eigenvalue weighted by molar-refractivity contribution is -0.105. The molecule has 0 amide bonds. The topological polar surface area (TPSA) is 17.1 Å². The zero-order chi connectivity index (χ0) is 9.10. The van der Waals surface area contributed by atoms with Crippen LogP contribution < -0.4 is 0 Å². The number of benzene rings is 1. The summed E-state index contributed by atoms with van der Waals surface area (Å²) in [6, 6.07) is 8.35. The molecule has 1 aromatic carbocycles. The zero-order valence-electron chi connectivity index (χ0n) is 7.49. The Balaban J connectivity index is 2.36. The lowest BCUT2D eigenvalue weighted by atomic mass is 10.0. The van der Waals surface area contributed by atoms with Gasteiger partial charge in [0.15, 0.2) is 0 Å². The van der Waals surface area contributed by atoms with Gasteiger partial charge in [-0.3, -0.25) is 4.79 Å². The maximum atomic E-state index is 10.7. The molecule has 0 unspecified atom stereocenters. The van der Waals surface area contributed by atoms with Crippen molar-refractivity contribution in [3.63, 3.8) is 0 Å². The van der Waals surface area contributed by atoms with Gasteiger partial charge in [-0.2, -0.15) is 0 Å². The van der Waals surface area contributed by atoms with Gasteiger partial charge in [0, 0.05) is 6.42 Å². The third-order valence-electron chi connectivity index (χ3n) is 2.48. The molecule has 0 aromatic heterocycles. The molecule has 0 atom stereocenters. The summed E-state index contributed by atoms with van der Waals surface area (Å²) in [4.78, 5) is 10.7. The Bertz CT molecular complexity index is 350. The van der Waals surface area contributed by atoms with Crippen molar-refractivity contribution in [2.75, 3.05) is 0 Å². The number of hydrogen-bond acceptors (Lipinski definition) is 1. The monoisotopic (exact) mass is 172 g/mol. The Hall–Kier alpha value is -1.37. The van der Waals surface area contributed by atoms with E-state index in [1.54, 1.807) is 0 Å². The maximum Gasteiger partial charge on any atom is 0.146 e. The number of carbonyl (C=O) groups is 1. The van der Waals surface area contributed by atoms with Gasteiger partial charge in [-0.25, -0.2) is 0 Å². The third-order valence-corrected chi connectivity index (χ3v) is 2.48. The highest BCUT2D eigenvalue weighted by atomic mass is 16.1. The Labute approximate surface area is 78.1 Å². The molecule has 1 nitrogen and oxygen atoms in total. The van der Waals surface area contributed by atoms with Crippen LogP contribution >= 0.6 is 0 Å². The molecule has 0 saturated carbocycles. The minimum absolute atomic E-state index is 0.805. The Morgan fingerprint density at radius 3 is 2.69 bits per heavy atom. The van der Waals surface area contributed by atoms with Crippen molar-refractivity contribution in [2.45, 2.75) is 19.3 Å². The van der Waals surface area contributed by atoms with Gasteiger partial charge in [-0.1, -0.05) is 30.3 Å². The van der Waals surface area contributed by atoms with E-state index in [0.717, 1.165) is 31.1 Å². The van der Waals surface area contributed by atoms with E-state index in [1.807, 2.05) is 12.1 Å². The molecule has 0 bridgehead atoms. The molecule has 0 spiro atoms. The Morgan fingerprint density at radius 2 is 1.92 bits per heavy atom. The Kier molecular flexibility index (Phi) is 2.26. The highest BCUT2D eigenvalue weighted by Gasteiger charge is 2.07. The van der Waals surface area contributed by atoms with Crippen LogP contribution in [-0.4, -0.2) is 6.29 Å². The molecule has 1 aliphatic carbocycles. The van der Waals surface area contributed by atoms with Gasteiger partial charge in [0.1, 0.15) is 6.29 Å². The number of allylic oxidation sites excluding steroid dienone is 2. The van der Waals surface area contributed by atoms with Crippen LogP contribution in [0.5, 0.6) is 0 Å². The van der Waals surface area contributed by atoms with E-state index in [-0.39, 0.29) is 0 Å². The van der Waals surface area contributed by atoms with Gasteiger partial charge >= 0.3 is 0 Å². The van der Waals surface area contributed by atoms with Gasteiger partial charge in [0.05, 0.1) is 0 Å². The summed E-state index contributed by atoms with van der Waals surface area (Å²) in [5, 5.41) is 0. The molecule has 0 fully saturated rings. The van der Waals surface area contributed by atoms with E-state index < -0.39 is 0 Å². The third kappa shape index (κ3) is 1.69. The number of rotatable bonds is 1. The molecule has 66 valence electrons. The summed E-state index contributed by atoms with van der Waals surface area (Å²) in [7, 11) is 0. The second-order valence-electron chi connectivity index (χ2n) is 3.38. The maximum absolute atomic E-state index is 10.7. The molecule has 1 heteroatoms. The van der Waals surface area contributed by atoms with Crippen molar-refractivity contribution in [3.8, 4) is 0 Å². The zero-order valence-corrected chi connectivity index (χ0v) is 7.49. The molecule has 1 aliphatic rings. The number of aryl methyl sites for hydroxylation is 1. The first-order valence-electron chi connectivity index (χ1n) is 4.61. The smallest absolute Gasteiger partial charge is 0.146 e. The van der Waals surface area contributed by atoms with Gasteiger partial charge in [0.2, 0.25) is 0 Å². The van der Waals surface area contributed by atoms with Crippen molar-refractivity contribution in [1.82, 2.24) is 0 Å². The van der Waals surface area contributed by atoms with Gasteiger partial charge in [-0.05, 0) is 29.5 Å². The largest absolute Gasteiger partial charge is 0.298 e. The molecular weight excluding hydrogens is 160 g/mol. The van der Waals surface area contributed by atoms with E-state index in [9.17, 15) is 4.79 Å². The van der Waals surface area contributed by atoms with Crippen LogP contribution in [0.4, 0.5) is 0 Å². The van der Waals surface area contributed by atoms with Crippen LogP contribution in [0.3, 0.4) is 0 Å². The highest BCUT2D eigenvalue weighted by molar-refractivity contribution is 5.74. The molecule has 0 radical (unpaired) electrons. The summed E-state index contributed by atoms with van der Waals surface area (Å²) in [5.74, 6) is 0. The van der Waals surface area contributed by atoms with E-state index in [0.29, 0.717) is 0 Å². The normalized spacial score (nSPS) is 15.5. The average molecular weight is 172 g/mol. The molecule has 2 rings (SSSR count). The molecule has 1 aromatic rings. The molecule has 0 saturated heterocycles. The molecule has 0 heterocycles. The summed E-state index contributed by atoms with van der Waals surface area (Å²) in [5.41, 5.74) is 3.61. The van der Waals surface area contributed by atoms with Crippen LogP contribution in [0.25, 0.3) is 0 Å². The predicted octanol–water partition coefficient (Wildman–Crippen LogP) is 2.30. The first kappa shape index (κ1) is 8.24. The average Bonchev–Trinajstić information content (AvgIpc) is 2.38. The van der Waals surface area contributed by atoms with Crippen molar-refractivity contribution >= 4 is 6.29 Å². The summed E-state index contributed by atoms with van der Waals surface area (Å²) in [6.07, 6.45) is 5.88. The van der Waals surface area contributed by atoms with E-state index in [1.165, 1.54) is 11.1 Å². The summed E-state index contributed by atoms with van der Waals surface area (Å²) < 4.78 is 0. The molecular formula is C12H12O. The van der Waals surface area contributed by atoms with Crippen LogP contribution in [0.2, 0.25) is 0 Å². The van der Waals surface area contributed by atoms with Gasteiger partial charge in [0.25, 0.3) is 0 Å². The van der Waals surface area contributed by atoms with Crippen LogP contribution in [0, 0.1) is 0 Å². The molecule has 0 N–H and O–H groups in total. The lowest BCUT2D eigenvalue weighted by Crippen LogP contribution is -1.93. The van der Waals surface area contributed by atoms with Crippen LogP contribution in [-0.2, 0) is 17.6 Å². The Morgan fingerprint density at radius 1 is 1.15 bits per heavy atom. The van der Waals surface area contributed by atoms with Crippen molar-refractivity contribution in [2.24, 2.45) is 0 Å². The van der Waals surface area contributed by atoms with E-state index >= 15 is 0 Å². The second-order valence-corrected chi connectivity index (χ2v) is 3.38. The number of aldehydes is 1. The van der Waals surface area contributed by atoms with Crippen LogP contribution in [0.15, 0.2) is 35.9 Å². The fourth-order valence-corrected chi connectivity index (χ4v) is 1.77. The van der Waals surface area contributed by atoms with Crippen molar-refractivity contribution in [3.05, 3.63) is 47.0 Å². The quantitative estimate of drug-likeness (QED) is 0.594. The fourth-order valence-electron chi connectivity index (χ4n) is 1.77. The first-order valence-corrected chi connectivity index (χ1v) is 4.61.